The lowest BCUT2D eigenvalue weighted by atomic mass is 9.92. The number of benzene rings is 1. The van der Waals surface area contributed by atoms with Crippen molar-refractivity contribution in [1.82, 2.24) is 20.4 Å². The smallest absolute Gasteiger partial charge is 0.325 e. The molecule has 2 saturated heterocycles. The monoisotopic (exact) mass is 384 g/mol. The van der Waals surface area contributed by atoms with Gasteiger partial charge < -0.3 is 15.5 Å². The number of amides is 4. The molecule has 142 valence electrons. The minimum atomic E-state index is -1.31. The zero-order valence-electron chi connectivity index (χ0n) is 14.6. The second-order valence-corrected chi connectivity index (χ2v) is 6.59. The van der Waals surface area contributed by atoms with Crippen LogP contribution in [0.5, 0.6) is 0 Å². The summed E-state index contributed by atoms with van der Waals surface area (Å²) in [6.07, 6.45) is 0. The van der Waals surface area contributed by atoms with E-state index in [-0.39, 0.29) is 30.9 Å². The molecule has 7 nitrogen and oxygen atoms in total. The summed E-state index contributed by atoms with van der Waals surface area (Å²) in [5, 5.41) is 5.80. The topological polar surface area (TPSA) is 81.8 Å². The van der Waals surface area contributed by atoms with Crippen LogP contribution in [0.2, 0.25) is 0 Å². The largest absolute Gasteiger partial charge is 0.336 e. The van der Waals surface area contributed by atoms with Gasteiger partial charge in [-0.05, 0) is 31.5 Å². The van der Waals surface area contributed by atoms with Gasteiger partial charge in [0.05, 0.1) is 0 Å². The molecule has 0 spiro atoms. The highest BCUT2D eigenvalue weighted by molar-refractivity contribution is 6.09. The van der Waals surface area contributed by atoms with Gasteiger partial charge in [0, 0.05) is 25.7 Å². The predicted molar refractivity (Wildman–Crippen MR) is 95.3 cm³/mol. The summed E-state index contributed by atoms with van der Waals surface area (Å²) < 4.78 is 13.1. The van der Waals surface area contributed by atoms with Crippen molar-refractivity contribution in [3.63, 3.8) is 0 Å². The highest BCUT2D eigenvalue weighted by Crippen LogP contribution is 2.29. The fourth-order valence-electron chi connectivity index (χ4n) is 3.26. The lowest BCUT2D eigenvalue weighted by Gasteiger charge is -2.34. The normalized spacial score (nSPS) is 25.7. The Bertz CT molecular complexity index is 714. The Morgan fingerprint density at radius 1 is 1.31 bits per heavy atom. The standard InChI is InChI=1S/C17H21FN4O3.ClH/c1-11-9-19-7-8-21(11)14(23)10-22-15(24)17(2,20-16(22)25)12-3-5-13(18)6-4-12;/h3-6,11,19H,7-10H2,1-2H3,(H,20,25);1H. The average Bonchev–Trinajstić information content (AvgIpc) is 2.80. The SMILES string of the molecule is CC1CNCCN1C(=O)CN1C(=O)NC(C)(c2ccc(F)cc2)C1=O.Cl. The highest BCUT2D eigenvalue weighted by Gasteiger charge is 2.49. The van der Waals surface area contributed by atoms with Gasteiger partial charge in [-0.25, -0.2) is 9.18 Å². The highest BCUT2D eigenvalue weighted by atomic mass is 35.5. The van der Waals surface area contributed by atoms with Gasteiger partial charge in [0.15, 0.2) is 0 Å². The number of carbonyl (C=O) groups is 3. The van der Waals surface area contributed by atoms with Gasteiger partial charge in [0.1, 0.15) is 17.9 Å². The van der Waals surface area contributed by atoms with Crippen LogP contribution in [0.1, 0.15) is 19.4 Å². The summed E-state index contributed by atoms with van der Waals surface area (Å²) in [7, 11) is 0. The quantitative estimate of drug-likeness (QED) is 0.756. The van der Waals surface area contributed by atoms with Crippen molar-refractivity contribution in [2.75, 3.05) is 26.2 Å². The lowest BCUT2D eigenvalue weighted by molar-refractivity contribution is -0.140. The maximum absolute atomic E-state index is 13.1. The van der Waals surface area contributed by atoms with E-state index in [4.69, 9.17) is 0 Å². The molecule has 4 amide bonds. The van der Waals surface area contributed by atoms with Gasteiger partial charge in [0.25, 0.3) is 5.91 Å². The summed E-state index contributed by atoms with van der Waals surface area (Å²) in [6, 6.07) is 4.76. The number of urea groups is 1. The molecular formula is C17H22ClFN4O3. The number of hydrogen-bond acceptors (Lipinski definition) is 4. The Balaban J connectivity index is 0.00000243. The Labute approximate surface area is 157 Å². The van der Waals surface area contributed by atoms with Crippen LogP contribution in [0.4, 0.5) is 9.18 Å². The van der Waals surface area contributed by atoms with Crippen LogP contribution in [-0.4, -0.2) is 59.9 Å². The first kappa shape index (κ1) is 20.1. The molecule has 9 heteroatoms. The van der Waals surface area contributed by atoms with Gasteiger partial charge in [-0.15, -0.1) is 12.4 Å². The van der Waals surface area contributed by atoms with Gasteiger partial charge >= 0.3 is 6.03 Å². The molecule has 0 aromatic heterocycles. The van der Waals surface area contributed by atoms with Crippen LogP contribution in [0, 0.1) is 5.82 Å². The zero-order chi connectivity index (χ0) is 18.2. The van der Waals surface area contributed by atoms with E-state index >= 15 is 0 Å². The van der Waals surface area contributed by atoms with Crippen molar-refractivity contribution in [1.29, 1.82) is 0 Å². The lowest BCUT2D eigenvalue weighted by Crippen LogP contribution is -2.55. The Morgan fingerprint density at radius 2 is 1.96 bits per heavy atom. The summed E-state index contributed by atoms with van der Waals surface area (Å²) in [6.45, 7) is 5.07. The molecule has 2 aliphatic heterocycles. The fraction of sp³-hybridized carbons (Fsp3) is 0.471. The summed E-state index contributed by atoms with van der Waals surface area (Å²) in [5.41, 5.74) is -0.835. The third-order valence-corrected chi connectivity index (χ3v) is 4.81. The van der Waals surface area contributed by atoms with Crippen LogP contribution >= 0.6 is 12.4 Å². The number of carbonyl (C=O) groups excluding carboxylic acids is 3. The van der Waals surface area contributed by atoms with Crippen LogP contribution in [0.3, 0.4) is 0 Å². The number of halogens is 2. The van der Waals surface area contributed by atoms with Crippen molar-refractivity contribution < 1.29 is 18.8 Å². The molecule has 3 rings (SSSR count). The number of imide groups is 1. The summed E-state index contributed by atoms with van der Waals surface area (Å²) >= 11 is 0. The van der Waals surface area contributed by atoms with Crippen molar-refractivity contribution in [2.45, 2.75) is 25.4 Å². The van der Waals surface area contributed by atoms with Crippen LogP contribution in [0.15, 0.2) is 24.3 Å². The number of rotatable bonds is 3. The average molecular weight is 385 g/mol. The Morgan fingerprint density at radius 3 is 2.58 bits per heavy atom. The molecule has 0 radical (unpaired) electrons. The summed E-state index contributed by atoms with van der Waals surface area (Å²) in [5.74, 6) is -1.20. The molecule has 2 aliphatic rings. The third-order valence-electron chi connectivity index (χ3n) is 4.81. The van der Waals surface area contributed by atoms with Crippen molar-refractivity contribution >= 4 is 30.3 Å². The molecular weight excluding hydrogens is 363 g/mol. The maximum atomic E-state index is 13.1. The zero-order valence-corrected chi connectivity index (χ0v) is 15.4. The van der Waals surface area contributed by atoms with E-state index < -0.39 is 23.3 Å². The van der Waals surface area contributed by atoms with Crippen molar-refractivity contribution in [3.8, 4) is 0 Å². The van der Waals surface area contributed by atoms with E-state index in [0.29, 0.717) is 25.2 Å². The predicted octanol–water partition coefficient (Wildman–Crippen LogP) is 0.835. The van der Waals surface area contributed by atoms with E-state index in [9.17, 15) is 18.8 Å². The van der Waals surface area contributed by atoms with E-state index in [1.807, 2.05) is 6.92 Å². The first-order chi connectivity index (χ1) is 11.8. The molecule has 2 heterocycles. The van der Waals surface area contributed by atoms with Gasteiger partial charge in [-0.1, -0.05) is 12.1 Å². The maximum Gasteiger partial charge on any atom is 0.325 e. The first-order valence-electron chi connectivity index (χ1n) is 8.23. The second kappa shape index (κ2) is 7.59. The van der Waals surface area contributed by atoms with Crippen LogP contribution in [-0.2, 0) is 15.1 Å². The molecule has 0 aliphatic carbocycles. The van der Waals surface area contributed by atoms with E-state index in [0.717, 1.165) is 4.90 Å². The Kier molecular flexibility index (Phi) is 5.87. The third kappa shape index (κ3) is 3.52. The number of nitrogens with one attached hydrogen (secondary N) is 2. The Hall–Kier alpha value is -2.19. The molecule has 2 atom stereocenters. The van der Waals surface area contributed by atoms with Crippen molar-refractivity contribution in [3.05, 3.63) is 35.6 Å². The molecule has 1 aromatic carbocycles. The molecule has 0 saturated carbocycles. The van der Waals surface area contributed by atoms with Gasteiger partial charge in [-0.2, -0.15) is 0 Å². The molecule has 1 aromatic rings. The number of piperazine rings is 1. The minimum Gasteiger partial charge on any atom is -0.336 e. The first-order valence-corrected chi connectivity index (χ1v) is 8.23. The van der Waals surface area contributed by atoms with Gasteiger partial charge in [-0.3, -0.25) is 14.5 Å². The van der Waals surface area contributed by atoms with Crippen molar-refractivity contribution in [2.24, 2.45) is 0 Å². The van der Waals surface area contributed by atoms with E-state index in [1.54, 1.807) is 11.8 Å². The molecule has 2 N–H and O–H groups in total. The van der Waals surface area contributed by atoms with E-state index in [1.165, 1.54) is 24.3 Å². The minimum absolute atomic E-state index is 0. The van der Waals surface area contributed by atoms with Crippen LogP contribution in [0.25, 0.3) is 0 Å². The van der Waals surface area contributed by atoms with Crippen LogP contribution < -0.4 is 10.6 Å². The molecule has 2 fully saturated rings. The fourth-order valence-corrected chi connectivity index (χ4v) is 3.26. The molecule has 0 bridgehead atoms. The summed E-state index contributed by atoms with van der Waals surface area (Å²) in [4.78, 5) is 40.2. The molecule has 2 unspecified atom stereocenters. The number of nitrogens with zero attached hydrogens (tertiary/aromatic N) is 2. The van der Waals surface area contributed by atoms with E-state index in [2.05, 4.69) is 10.6 Å². The number of hydrogen-bond donors (Lipinski definition) is 2. The molecule has 26 heavy (non-hydrogen) atoms. The van der Waals surface area contributed by atoms with Gasteiger partial charge in [0.2, 0.25) is 5.91 Å². The second-order valence-electron chi connectivity index (χ2n) is 6.59.